The number of fused-ring (bicyclic) bond motifs is 1. The lowest BCUT2D eigenvalue weighted by atomic mass is 9.96. The van der Waals surface area contributed by atoms with E-state index in [-0.39, 0.29) is 11.8 Å². The zero-order valence-corrected chi connectivity index (χ0v) is 12.0. The fourth-order valence-electron chi connectivity index (χ4n) is 3.35. The molecule has 1 aromatic rings. The van der Waals surface area contributed by atoms with Crippen LogP contribution in [0.15, 0.2) is 24.3 Å². The molecule has 5 nitrogen and oxygen atoms in total. The van der Waals surface area contributed by atoms with Crippen LogP contribution in [0.4, 0.5) is 4.79 Å². The van der Waals surface area contributed by atoms with Crippen LogP contribution in [0, 0.1) is 0 Å². The fraction of sp³-hybridized carbons (Fsp3) is 0.500. The third kappa shape index (κ3) is 2.78. The van der Waals surface area contributed by atoms with Crippen LogP contribution in [-0.2, 0) is 11.2 Å². The van der Waals surface area contributed by atoms with E-state index in [0.29, 0.717) is 32.6 Å². The highest BCUT2D eigenvalue weighted by atomic mass is 16.4. The number of carbonyl (C=O) groups excluding carboxylic acids is 2. The average Bonchev–Trinajstić information content (AvgIpc) is 2.65. The van der Waals surface area contributed by atoms with Crippen LogP contribution in [0.25, 0.3) is 0 Å². The van der Waals surface area contributed by atoms with Gasteiger partial charge in [-0.15, -0.1) is 0 Å². The number of benzene rings is 1. The van der Waals surface area contributed by atoms with Crippen LogP contribution in [0.2, 0.25) is 0 Å². The minimum Gasteiger partial charge on any atom is -0.530 e. The van der Waals surface area contributed by atoms with Crippen LogP contribution >= 0.6 is 0 Å². The molecule has 1 aromatic carbocycles. The number of nitrogens with zero attached hydrogens (tertiary/aromatic N) is 2. The van der Waals surface area contributed by atoms with Gasteiger partial charge in [0.1, 0.15) is 6.09 Å². The van der Waals surface area contributed by atoms with Gasteiger partial charge in [-0.3, -0.25) is 9.69 Å². The lowest BCUT2D eigenvalue weighted by Gasteiger charge is -2.39. The maximum absolute atomic E-state index is 12.5. The maximum atomic E-state index is 12.5. The zero-order chi connectivity index (χ0) is 14.8. The van der Waals surface area contributed by atoms with Gasteiger partial charge in [0.25, 0.3) is 0 Å². The van der Waals surface area contributed by atoms with Crippen molar-refractivity contribution in [2.24, 2.45) is 0 Å². The van der Waals surface area contributed by atoms with Gasteiger partial charge in [-0.2, -0.15) is 0 Å². The number of carboxylic acid groups (broad SMARTS) is 1. The highest BCUT2D eigenvalue weighted by molar-refractivity contribution is 5.86. The fourth-order valence-corrected chi connectivity index (χ4v) is 3.35. The van der Waals surface area contributed by atoms with Gasteiger partial charge in [-0.25, -0.2) is 0 Å². The Balaban J connectivity index is 1.83. The third-order valence-electron chi connectivity index (χ3n) is 4.46. The van der Waals surface area contributed by atoms with E-state index >= 15 is 0 Å². The third-order valence-corrected chi connectivity index (χ3v) is 4.46. The van der Waals surface area contributed by atoms with E-state index in [1.54, 1.807) is 0 Å². The molecule has 1 heterocycles. The first-order valence-electron chi connectivity index (χ1n) is 7.47. The number of Topliss-reactive ketones (excluding diaryl/α,β-unsaturated/α-hetero) is 1. The molecule has 0 aromatic heterocycles. The van der Waals surface area contributed by atoms with Crippen LogP contribution < -0.4 is 5.11 Å². The molecule has 0 saturated carbocycles. The van der Waals surface area contributed by atoms with Crippen LogP contribution in [0.5, 0.6) is 0 Å². The smallest absolute Gasteiger partial charge is 0.154 e. The molecule has 1 atom stereocenters. The van der Waals surface area contributed by atoms with Crippen molar-refractivity contribution in [3.63, 3.8) is 0 Å². The number of aryl methyl sites for hydroxylation is 1. The summed E-state index contributed by atoms with van der Waals surface area (Å²) in [6.07, 6.45) is 1.31. The second kappa shape index (κ2) is 5.85. The molecule has 1 aliphatic carbocycles. The first kappa shape index (κ1) is 14.1. The zero-order valence-electron chi connectivity index (χ0n) is 12.0. The van der Waals surface area contributed by atoms with Gasteiger partial charge < -0.3 is 14.8 Å². The van der Waals surface area contributed by atoms with Crippen molar-refractivity contribution in [3.8, 4) is 0 Å². The molecule has 1 amide bonds. The highest BCUT2D eigenvalue weighted by Gasteiger charge is 2.32. The van der Waals surface area contributed by atoms with E-state index in [9.17, 15) is 14.7 Å². The van der Waals surface area contributed by atoms with E-state index in [1.165, 1.54) is 10.5 Å². The highest BCUT2D eigenvalue weighted by Crippen LogP contribution is 2.31. The van der Waals surface area contributed by atoms with E-state index < -0.39 is 6.09 Å². The standard InChI is InChI=1S/C16H20N2O3/c19-14-7-3-5-12-4-1-2-6-13(12)15(14)17-8-10-18(11-9-17)16(20)21/h1-2,4,6,15H,3,5,7-11H2,(H,20,21)/p-1. The van der Waals surface area contributed by atoms with Crippen molar-refractivity contribution in [2.45, 2.75) is 25.3 Å². The van der Waals surface area contributed by atoms with Gasteiger partial charge in [-0.05, 0) is 24.0 Å². The van der Waals surface area contributed by atoms with Crippen LogP contribution in [0.1, 0.15) is 30.0 Å². The minimum absolute atomic E-state index is 0.215. The molecule has 1 fully saturated rings. The molecule has 5 heteroatoms. The first-order chi connectivity index (χ1) is 10.2. The van der Waals surface area contributed by atoms with Crippen molar-refractivity contribution in [2.75, 3.05) is 26.2 Å². The van der Waals surface area contributed by atoms with Gasteiger partial charge in [0.15, 0.2) is 5.78 Å². The summed E-state index contributed by atoms with van der Waals surface area (Å²) in [5.41, 5.74) is 2.34. The summed E-state index contributed by atoms with van der Waals surface area (Å²) in [6, 6.07) is 7.90. The number of hydrogen-bond donors (Lipinski definition) is 0. The summed E-state index contributed by atoms with van der Waals surface area (Å²) in [6.45, 7) is 1.99. The predicted molar refractivity (Wildman–Crippen MR) is 75.7 cm³/mol. The molecule has 112 valence electrons. The predicted octanol–water partition coefficient (Wildman–Crippen LogP) is 0.594. The summed E-state index contributed by atoms with van der Waals surface area (Å²) in [5.74, 6) is 0.252. The second-order valence-corrected chi connectivity index (χ2v) is 5.71. The maximum Gasteiger partial charge on any atom is 0.154 e. The van der Waals surface area contributed by atoms with Crippen LogP contribution in [-0.4, -0.2) is 47.9 Å². The molecule has 0 spiro atoms. The molecular weight excluding hydrogens is 268 g/mol. The lowest BCUT2D eigenvalue weighted by molar-refractivity contribution is -0.267. The van der Waals surface area contributed by atoms with E-state index in [1.807, 2.05) is 18.2 Å². The Kier molecular flexibility index (Phi) is 3.92. The average molecular weight is 287 g/mol. The Hall–Kier alpha value is -1.88. The number of ketones is 1. The Morgan fingerprint density at radius 1 is 1.10 bits per heavy atom. The van der Waals surface area contributed by atoms with Crippen molar-refractivity contribution in [1.82, 2.24) is 9.80 Å². The molecule has 0 N–H and O–H groups in total. The largest absolute Gasteiger partial charge is 0.530 e. The molecule has 1 saturated heterocycles. The summed E-state index contributed by atoms with van der Waals surface area (Å²) in [7, 11) is 0. The number of amides is 1. The first-order valence-corrected chi connectivity index (χ1v) is 7.47. The summed E-state index contributed by atoms with van der Waals surface area (Å²) in [5, 5.41) is 10.9. The SMILES string of the molecule is O=C1CCCc2ccccc2C1N1CCN(C(=O)[O-])CC1. The Morgan fingerprint density at radius 2 is 1.81 bits per heavy atom. The van der Waals surface area contributed by atoms with E-state index in [4.69, 9.17) is 0 Å². The molecule has 1 unspecified atom stereocenters. The summed E-state index contributed by atoms with van der Waals surface area (Å²) < 4.78 is 0. The molecule has 1 aliphatic heterocycles. The van der Waals surface area contributed by atoms with Gasteiger partial charge in [0.05, 0.1) is 6.04 Å². The molecular formula is C16H19N2O3-. The van der Waals surface area contributed by atoms with Crippen molar-refractivity contribution >= 4 is 11.9 Å². The Morgan fingerprint density at radius 3 is 2.52 bits per heavy atom. The quantitative estimate of drug-likeness (QED) is 0.709. The molecule has 0 radical (unpaired) electrons. The minimum atomic E-state index is -1.12. The number of rotatable bonds is 1. The molecule has 0 bridgehead atoms. The van der Waals surface area contributed by atoms with Crippen LogP contribution in [0.3, 0.4) is 0 Å². The normalized spacial score (nSPS) is 23.5. The van der Waals surface area contributed by atoms with Gasteiger partial charge in [-0.1, -0.05) is 24.3 Å². The number of carbonyl (C=O) groups is 2. The molecule has 2 aliphatic rings. The van der Waals surface area contributed by atoms with Gasteiger partial charge >= 0.3 is 0 Å². The van der Waals surface area contributed by atoms with E-state index in [0.717, 1.165) is 18.4 Å². The van der Waals surface area contributed by atoms with E-state index in [2.05, 4.69) is 11.0 Å². The van der Waals surface area contributed by atoms with Gasteiger partial charge in [0, 0.05) is 32.6 Å². The van der Waals surface area contributed by atoms with Crippen molar-refractivity contribution in [3.05, 3.63) is 35.4 Å². The number of hydrogen-bond acceptors (Lipinski definition) is 4. The molecule has 21 heavy (non-hydrogen) atoms. The lowest BCUT2D eigenvalue weighted by Crippen LogP contribution is -2.54. The Labute approximate surface area is 124 Å². The monoisotopic (exact) mass is 287 g/mol. The van der Waals surface area contributed by atoms with Crippen molar-refractivity contribution < 1.29 is 14.7 Å². The van der Waals surface area contributed by atoms with Crippen molar-refractivity contribution in [1.29, 1.82) is 0 Å². The van der Waals surface area contributed by atoms with Gasteiger partial charge in [0.2, 0.25) is 0 Å². The Bertz CT molecular complexity index is 550. The second-order valence-electron chi connectivity index (χ2n) is 5.71. The summed E-state index contributed by atoms with van der Waals surface area (Å²) >= 11 is 0. The summed E-state index contributed by atoms with van der Waals surface area (Å²) in [4.78, 5) is 26.8. The molecule has 3 rings (SSSR count). The topological polar surface area (TPSA) is 63.7 Å². The number of piperazine rings is 1.